The Morgan fingerprint density at radius 2 is 1.56 bits per heavy atom. The Balaban J connectivity index is 1.55. The fraction of sp³-hybridized carbons (Fsp3) is 0.333. The van der Waals surface area contributed by atoms with Gasteiger partial charge in [0, 0.05) is 5.56 Å². The summed E-state index contributed by atoms with van der Waals surface area (Å²) in [7, 11) is 0. The van der Waals surface area contributed by atoms with Crippen LogP contribution in [0, 0.1) is 18.6 Å². The molecule has 1 fully saturated rings. The highest BCUT2D eigenvalue weighted by Gasteiger charge is 2.46. The molecule has 1 amide bonds. The van der Waals surface area contributed by atoms with Gasteiger partial charge in [0.1, 0.15) is 11.6 Å². The van der Waals surface area contributed by atoms with Crippen LogP contribution in [0.25, 0.3) is 16.6 Å². The van der Waals surface area contributed by atoms with E-state index in [4.69, 9.17) is 0 Å². The number of carbonyl (C=O) groups is 1. The molecule has 36 heavy (non-hydrogen) atoms. The topological polar surface area (TPSA) is 46.4 Å². The fourth-order valence-electron chi connectivity index (χ4n) is 5.12. The third-order valence-corrected chi connectivity index (χ3v) is 7.25. The van der Waals surface area contributed by atoms with Crippen molar-refractivity contribution in [2.45, 2.75) is 64.8 Å². The van der Waals surface area contributed by atoms with Crippen molar-refractivity contribution >= 4 is 11.4 Å². The number of halogens is 2. The van der Waals surface area contributed by atoms with Gasteiger partial charge in [-0.25, -0.2) is 13.3 Å². The molecule has 0 saturated heterocycles. The average molecular weight is 488 g/mol. The van der Waals surface area contributed by atoms with E-state index >= 15 is 0 Å². The Morgan fingerprint density at radius 3 is 2.11 bits per heavy atom. The van der Waals surface area contributed by atoms with Crippen molar-refractivity contribution in [3.63, 3.8) is 0 Å². The van der Waals surface area contributed by atoms with Crippen LogP contribution in [0.1, 0.15) is 85.2 Å². The molecule has 1 aliphatic rings. The summed E-state index contributed by atoms with van der Waals surface area (Å²) in [6, 6.07) is 15.8. The minimum absolute atomic E-state index is 0.0486. The van der Waals surface area contributed by atoms with E-state index in [0.717, 1.165) is 18.4 Å². The summed E-state index contributed by atoms with van der Waals surface area (Å²) in [4.78, 5) is 13.6. The predicted molar refractivity (Wildman–Crippen MR) is 138 cm³/mol. The Hall–Kier alpha value is -3.54. The van der Waals surface area contributed by atoms with E-state index in [1.54, 1.807) is 23.6 Å². The zero-order chi connectivity index (χ0) is 25.8. The number of carbonyl (C=O) groups excluding carboxylic acids is 1. The van der Waals surface area contributed by atoms with E-state index in [2.05, 4.69) is 48.5 Å². The zero-order valence-corrected chi connectivity index (χ0v) is 21.3. The first kappa shape index (κ1) is 24.2. The maximum atomic E-state index is 14.7. The molecule has 4 aromatic rings. The number of fused-ring (bicyclic) bond motifs is 1. The number of rotatable bonds is 6. The summed E-state index contributed by atoms with van der Waals surface area (Å²) >= 11 is 0. The normalized spacial score (nSPS) is 14.6. The maximum Gasteiger partial charge on any atom is 0.253 e. The van der Waals surface area contributed by atoms with Gasteiger partial charge in [-0.1, -0.05) is 58.0 Å². The van der Waals surface area contributed by atoms with Crippen molar-refractivity contribution in [2.24, 2.45) is 0 Å². The standard InChI is InChI=1S/C30H31F2N3O/c1-17(2)20-9-11-21(12-10-20)30(15-16-30)33-29(36)22-13-14-25-26(27-23(31)7-6-8-24(27)32)19(5)34-35(25)28(22)18(3)4/h6-14,17-18H,15-16H2,1-5H3,(H,33,36). The van der Waals surface area contributed by atoms with Crippen LogP contribution in [0.15, 0.2) is 54.6 Å². The Labute approximate surface area is 210 Å². The van der Waals surface area contributed by atoms with Gasteiger partial charge in [0.05, 0.1) is 33.6 Å². The van der Waals surface area contributed by atoms with Crippen LogP contribution in [0.3, 0.4) is 0 Å². The van der Waals surface area contributed by atoms with Crippen LogP contribution in [0.4, 0.5) is 8.78 Å². The van der Waals surface area contributed by atoms with E-state index in [1.165, 1.54) is 23.8 Å². The molecular weight excluding hydrogens is 456 g/mol. The molecule has 2 heterocycles. The second-order valence-electron chi connectivity index (χ2n) is 10.5. The molecule has 1 saturated carbocycles. The van der Waals surface area contributed by atoms with Crippen molar-refractivity contribution < 1.29 is 13.6 Å². The highest BCUT2D eigenvalue weighted by atomic mass is 19.1. The largest absolute Gasteiger partial charge is 0.342 e. The number of hydrogen-bond donors (Lipinski definition) is 1. The first-order valence-corrected chi connectivity index (χ1v) is 12.5. The van der Waals surface area contributed by atoms with Gasteiger partial charge >= 0.3 is 0 Å². The lowest BCUT2D eigenvalue weighted by molar-refractivity contribution is 0.0928. The van der Waals surface area contributed by atoms with Crippen LogP contribution in [0.2, 0.25) is 0 Å². The lowest BCUT2D eigenvalue weighted by Crippen LogP contribution is -2.35. The lowest BCUT2D eigenvalue weighted by atomic mass is 9.97. The van der Waals surface area contributed by atoms with Gasteiger partial charge in [-0.3, -0.25) is 4.79 Å². The molecule has 0 spiro atoms. The van der Waals surface area contributed by atoms with Crippen molar-refractivity contribution in [1.82, 2.24) is 14.9 Å². The Morgan fingerprint density at radius 1 is 0.917 bits per heavy atom. The smallest absolute Gasteiger partial charge is 0.253 e. The average Bonchev–Trinajstić information content (AvgIpc) is 3.54. The minimum atomic E-state index is -0.639. The van der Waals surface area contributed by atoms with Gasteiger partial charge < -0.3 is 5.32 Å². The number of aryl methyl sites for hydroxylation is 1. The second kappa shape index (κ2) is 8.84. The monoisotopic (exact) mass is 487 g/mol. The Bertz CT molecular complexity index is 1440. The first-order valence-electron chi connectivity index (χ1n) is 12.5. The first-order chi connectivity index (χ1) is 17.1. The number of nitrogens with one attached hydrogen (secondary N) is 1. The summed E-state index contributed by atoms with van der Waals surface area (Å²) < 4.78 is 31.0. The van der Waals surface area contributed by atoms with Crippen molar-refractivity contribution in [3.8, 4) is 11.1 Å². The van der Waals surface area contributed by atoms with E-state index in [1.807, 2.05) is 13.8 Å². The van der Waals surface area contributed by atoms with Crippen molar-refractivity contribution in [3.05, 3.63) is 94.3 Å². The minimum Gasteiger partial charge on any atom is -0.342 e. The molecule has 6 heteroatoms. The molecule has 0 atom stereocenters. The van der Waals surface area contributed by atoms with Gasteiger partial charge in [0.2, 0.25) is 0 Å². The van der Waals surface area contributed by atoms with E-state index in [-0.39, 0.29) is 22.9 Å². The molecule has 0 radical (unpaired) electrons. The molecule has 0 aliphatic heterocycles. The summed E-state index contributed by atoms with van der Waals surface area (Å²) in [6.45, 7) is 10.0. The van der Waals surface area contributed by atoms with E-state index in [0.29, 0.717) is 33.9 Å². The molecule has 5 rings (SSSR count). The van der Waals surface area contributed by atoms with Gasteiger partial charge in [-0.2, -0.15) is 5.10 Å². The highest BCUT2D eigenvalue weighted by molar-refractivity contribution is 5.97. The molecule has 1 N–H and O–H groups in total. The molecule has 0 bridgehead atoms. The maximum absolute atomic E-state index is 14.7. The Kier molecular flexibility index (Phi) is 5.93. The second-order valence-corrected chi connectivity index (χ2v) is 10.5. The molecule has 0 unspecified atom stereocenters. The molecule has 2 aromatic carbocycles. The van der Waals surface area contributed by atoms with Gasteiger partial charge in [0.15, 0.2) is 0 Å². The van der Waals surface area contributed by atoms with Crippen LogP contribution in [0.5, 0.6) is 0 Å². The highest BCUT2D eigenvalue weighted by Crippen LogP contribution is 2.46. The zero-order valence-electron chi connectivity index (χ0n) is 21.3. The molecule has 2 aromatic heterocycles. The molecule has 186 valence electrons. The lowest BCUT2D eigenvalue weighted by Gasteiger charge is -2.21. The van der Waals surface area contributed by atoms with Crippen LogP contribution in [-0.4, -0.2) is 15.5 Å². The molecule has 1 aliphatic carbocycles. The third-order valence-electron chi connectivity index (χ3n) is 7.25. The third kappa shape index (κ3) is 3.98. The molecule has 4 nitrogen and oxygen atoms in total. The van der Waals surface area contributed by atoms with Gasteiger partial charge in [0.25, 0.3) is 5.91 Å². The van der Waals surface area contributed by atoms with Gasteiger partial charge in [-0.15, -0.1) is 0 Å². The van der Waals surface area contributed by atoms with Crippen LogP contribution < -0.4 is 5.32 Å². The molecular formula is C30H31F2N3O. The van der Waals surface area contributed by atoms with E-state index < -0.39 is 11.6 Å². The number of hydrogen-bond acceptors (Lipinski definition) is 2. The number of nitrogens with zero attached hydrogens (tertiary/aromatic N) is 2. The van der Waals surface area contributed by atoms with Gasteiger partial charge in [-0.05, 0) is 67.0 Å². The summed E-state index contributed by atoms with van der Waals surface area (Å²) in [5.41, 5.74) is 4.63. The van der Waals surface area contributed by atoms with Crippen LogP contribution >= 0.6 is 0 Å². The van der Waals surface area contributed by atoms with Crippen LogP contribution in [-0.2, 0) is 5.54 Å². The summed E-state index contributed by atoms with van der Waals surface area (Å²) in [5, 5.41) is 7.92. The van der Waals surface area contributed by atoms with Crippen molar-refractivity contribution in [1.29, 1.82) is 0 Å². The summed E-state index contributed by atoms with van der Waals surface area (Å²) in [5.74, 6) is -1.05. The number of benzene rings is 2. The number of pyridine rings is 1. The predicted octanol–water partition coefficient (Wildman–Crippen LogP) is 7.25. The SMILES string of the molecule is Cc1nn2c(C(C)C)c(C(=O)NC3(c4ccc(C(C)C)cc4)CC3)ccc2c1-c1c(F)cccc1F. The fourth-order valence-corrected chi connectivity index (χ4v) is 5.12. The van der Waals surface area contributed by atoms with E-state index in [9.17, 15) is 13.6 Å². The number of aromatic nitrogens is 2. The number of amides is 1. The van der Waals surface area contributed by atoms with Crippen molar-refractivity contribution in [2.75, 3.05) is 0 Å². The summed E-state index contributed by atoms with van der Waals surface area (Å²) in [6.07, 6.45) is 1.77. The quantitative estimate of drug-likeness (QED) is 0.311.